The molecule has 37 heavy (non-hydrogen) atoms. The summed E-state index contributed by atoms with van der Waals surface area (Å²) in [5.74, 6) is -1.44. The number of hydrogen-bond donors (Lipinski definition) is 0. The van der Waals surface area contributed by atoms with Crippen molar-refractivity contribution in [2.45, 2.75) is 19.9 Å². The summed E-state index contributed by atoms with van der Waals surface area (Å²) in [4.78, 5) is 45.9. The molecule has 2 aromatic carbocycles. The first-order valence-electron chi connectivity index (χ1n) is 11.4. The highest BCUT2D eigenvalue weighted by atomic mass is 32.1. The molecule has 1 aliphatic rings. The molecule has 3 heterocycles. The number of ether oxygens (including phenoxy) is 2. The Morgan fingerprint density at radius 2 is 2.08 bits per heavy atom. The normalized spacial score (nSPS) is 14.6. The van der Waals surface area contributed by atoms with E-state index in [9.17, 15) is 18.8 Å². The molecule has 0 fully saturated rings. The lowest BCUT2D eigenvalue weighted by atomic mass is 9.98. The van der Waals surface area contributed by atoms with Crippen molar-refractivity contribution in [3.05, 3.63) is 98.6 Å². The third-order valence-corrected chi connectivity index (χ3v) is 6.96. The Morgan fingerprint density at radius 1 is 1.27 bits per heavy atom. The number of benzene rings is 2. The van der Waals surface area contributed by atoms with Crippen LogP contribution in [0, 0.1) is 12.7 Å². The third kappa shape index (κ3) is 4.19. The van der Waals surface area contributed by atoms with E-state index in [0.717, 1.165) is 23.5 Å². The van der Waals surface area contributed by atoms with Crippen molar-refractivity contribution in [2.75, 3.05) is 18.1 Å². The number of esters is 1. The Kier molecular flexibility index (Phi) is 6.34. The minimum atomic E-state index is -0.959. The van der Waals surface area contributed by atoms with Crippen LogP contribution in [-0.2, 0) is 4.74 Å². The summed E-state index contributed by atoms with van der Waals surface area (Å²) in [5, 5.41) is 0.203. The molecule has 1 amide bonds. The first-order valence-corrected chi connectivity index (χ1v) is 12.2. The van der Waals surface area contributed by atoms with E-state index in [1.807, 2.05) is 0 Å². The summed E-state index contributed by atoms with van der Waals surface area (Å²) in [6, 6.07) is 9.50. The van der Waals surface area contributed by atoms with Gasteiger partial charge in [0.15, 0.2) is 10.6 Å². The molecule has 0 saturated carbocycles. The lowest BCUT2D eigenvalue weighted by Crippen LogP contribution is -2.29. The first-order chi connectivity index (χ1) is 17.8. The van der Waals surface area contributed by atoms with Gasteiger partial charge in [-0.3, -0.25) is 14.5 Å². The summed E-state index contributed by atoms with van der Waals surface area (Å²) in [7, 11) is 0. The summed E-state index contributed by atoms with van der Waals surface area (Å²) >= 11 is 0.979. The number of rotatable bonds is 7. The molecule has 0 radical (unpaired) electrons. The lowest BCUT2D eigenvalue weighted by molar-refractivity contribution is 0.0531. The van der Waals surface area contributed by atoms with Crippen molar-refractivity contribution in [3.63, 3.8) is 0 Å². The van der Waals surface area contributed by atoms with E-state index >= 15 is 0 Å². The third-order valence-electron chi connectivity index (χ3n) is 5.83. The molecule has 0 aliphatic carbocycles. The summed E-state index contributed by atoms with van der Waals surface area (Å²) < 4.78 is 30.7. The van der Waals surface area contributed by atoms with Crippen molar-refractivity contribution in [1.82, 2.24) is 4.98 Å². The Morgan fingerprint density at radius 3 is 2.84 bits per heavy atom. The number of fused-ring (bicyclic) bond motifs is 2. The van der Waals surface area contributed by atoms with Gasteiger partial charge in [0.2, 0.25) is 5.76 Å². The molecule has 1 unspecified atom stereocenters. The predicted molar refractivity (Wildman–Crippen MR) is 136 cm³/mol. The van der Waals surface area contributed by atoms with Crippen molar-refractivity contribution in [3.8, 4) is 5.75 Å². The number of carbonyl (C=O) groups excluding carboxylic acids is 2. The summed E-state index contributed by atoms with van der Waals surface area (Å²) in [5.41, 5.74) is 0.532. The van der Waals surface area contributed by atoms with Crippen LogP contribution >= 0.6 is 11.3 Å². The number of carbonyl (C=O) groups is 2. The standard InChI is InChI=1S/C27H21FN2O6S/c1-4-11-35-17-8-6-7-15(12-17)21-20-22(31)18-13-16(28)9-10-19(18)36-23(20)25(32)30(21)27-29-14(3)24(37-27)26(33)34-5-2/h4,6-10,12-13,21H,1,5,11H2,2-3H3. The van der Waals surface area contributed by atoms with Crippen LogP contribution in [0.5, 0.6) is 5.75 Å². The smallest absolute Gasteiger partial charge is 0.350 e. The fourth-order valence-electron chi connectivity index (χ4n) is 4.26. The topological polar surface area (TPSA) is 98.9 Å². The minimum Gasteiger partial charge on any atom is -0.490 e. The van der Waals surface area contributed by atoms with Crippen LogP contribution in [0.25, 0.3) is 11.0 Å². The first kappa shape index (κ1) is 24.4. The average molecular weight is 521 g/mol. The molecule has 0 spiro atoms. The largest absolute Gasteiger partial charge is 0.490 e. The molecule has 8 nitrogen and oxygen atoms in total. The summed E-state index contributed by atoms with van der Waals surface area (Å²) in [6.45, 7) is 7.42. The Balaban J connectivity index is 1.73. The number of halogens is 1. The molecule has 1 atom stereocenters. The monoisotopic (exact) mass is 520 g/mol. The molecule has 5 rings (SSSR count). The average Bonchev–Trinajstić information content (AvgIpc) is 3.41. The van der Waals surface area contributed by atoms with E-state index in [-0.39, 0.29) is 45.5 Å². The van der Waals surface area contributed by atoms with Gasteiger partial charge in [-0.1, -0.05) is 36.1 Å². The zero-order valence-corrected chi connectivity index (χ0v) is 20.8. The lowest BCUT2D eigenvalue weighted by Gasteiger charge is -2.23. The SMILES string of the molecule is C=CCOc1cccc(C2c3c(oc4ccc(F)cc4c3=O)C(=O)N2c2nc(C)c(C(=O)OCC)s2)c1. The van der Waals surface area contributed by atoms with Gasteiger partial charge in [0.1, 0.15) is 28.6 Å². The summed E-state index contributed by atoms with van der Waals surface area (Å²) in [6.07, 6.45) is 1.60. The predicted octanol–water partition coefficient (Wildman–Crippen LogP) is 5.19. The molecular weight excluding hydrogens is 499 g/mol. The number of thiazole rings is 1. The van der Waals surface area contributed by atoms with Crippen molar-refractivity contribution >= 4 is 39.3 Å². The highest BCUT2D eigenvalue weighted by molar-refractivity contribution is 7.17. The van der Waals surface area contributed by atoms with Gasteiger partial charge in [-0.25, -0.2) is 14.2 Å². The second-order valence-electron chi connectivity index (χ2n) is 8.20. The molecule has 1 aliphatic heterocycles. The molecule has 0 bridgehead atoms. The van der Waals surface area contributed by atoms with Gasteiger partial charge >= 0.3 is 5.97 Å². The Hall–Kier alpha value is -4.31. The highest BCUT2D eigenvalue weighted by Crippen LogP contribution is 2.43. The molecule has 10 heteroatoms. The van der Waals surface area contributed by atoms with Crippen LogP contribution in [0.3, 0.4) is 0 Å². The zero-order valence-electron chi connectivity index (χ0n) is 19.9. The van der Waals surface area contributed by atoms with Gasteiger partial charge in [-0.15, -0.1) is 0 Å². The van der Waals surface area contributed by atoms with E-state index in [1.165, 1.54) is 11.0 Å². The number of anilines is 1. The van der Waals surface area contributed by atoms with Gasteiger partial charge in [-0.2, -0.15) is 0 Å². The van der Waals surface area contributed by atoms with E-state index in [0.29, 0.717) is 17.0 Å². The van der Waals surface area contributed by atoms with Crippen LogP contribution in [0.15, 0.2) is 64.3 Å². The van der Waals surface area contributed by atoms with Gasteiger partial charge in [0.25, 0.3) is 5.91 Å². The number of hydrogen-bond acceptors (Lipinski definition) is 8. The second-order valence-corrected chi connectivity index (χ2v) is 9.17. The van der Waals surface area contributed by atoms with Gasteiger partial charge < -0.3 is 13.9 Å². The van der Waals surface area contributed by atoms with Gasteiger partial charge in [0.05, 0.1) is 29.3 Å². The van der Waals surface area contributed by atoms with Crippen LogP contribution in [0.2, 0.25) is 0 Å². The van der Waals surface area contributed by atoms with Crippen LogP contribution in [-0.4, -0.2) is 30.1 Å². The van der Waals surface area contributed by atoms with E-state index in [1.54, 1.807) is 44.2 Å². The second kappa shape index (κ2) is 9.62. The Labute approximate surface area is 214 Å². The highest BCUT2D eigenvalue weighted by Gasteiger charge is 2.45. The molecule has 2 aromatic heterocycles. The molecular formula is C27H21FN2O6S. The molecule has 0 saturated heterocycles. The van der Waals surface area contributed by atoms with Gasteiger partial charge in [0, 0.05) is 0 Å². The zero-order chi connectivity index (χ0) is 26.3. The van der Waals surface area contributed by atoms with Crippen molar-refractivity contribution in [2.24, 2.45) is 0 Å². The molecule has 4 aromatic rings. The Bertz CT molecular complexity index is 1630. The van der Waals surface area contributed by atoms with Crippen molar-refractivity contribution < 1.29 is 27.9 Å². The fraction of sp³-hybridized carbons (Fsp3) is 0.185. The molecule has 188 valence electrons. The van der Waals surface area contributed by atoms with Crippen LogP contribution in [0.4, 0.5) is 9.52 Å². The number of nitrogens with zero attached hydrogens (tertiary/aromatic N) is 2. The number of amides is 1. The van der Waals surface area contributed by atoms with Gasteiger partial charge in [-0.05, 0) is 49.7 Å². The van der Waals surface area contributed by atoms with E-state index in [2.05, 4.69) is 11.6 Å². The maximum atomic E-state index is 14.0. The molecule has 0 N–H and O–H groups in total. The number of aromatic nitrogens is 1. The van der Waals surface area contributed by atoms with Crippen LogP contribution < -0.4 is 15.1 Å². The van der Waals surface area contributed by atoms with Crippen molar-refractivity contribution in [1.29, 1.82) is 0 Å². The van der Waals surface area contributed by atoms with E-state index < -0.39 is 29.2 Å². The number of aryl methyl sites for hydroxylation is 1. The maximum Gasteiger partial charge on any atom is 0.350 e. The maximum absolute atomic E-state index is 14.0. The van der Waals surface area contributed by atoms with Crippen LogP contribution in [0.1, 0.15) is 50.0 Å². The minimum absolute atomic E-state index is 0.0139. The van der Waals surface area contributed by atoms with E-state index in [4.69, 9.17) is 13.9 Å². The fourth-order valence-corrected chi connectivity index (χ4v) is 5.25. The quantitative estimate of drug-likeness (QED) is 0.244.